The summed E-state index contributed by atoms with van der Waals surface area (Å²) < 4.78 is 4.72. The maximum Gasteiger partial charge on any atom is 0.332 e. The van der Waals surface area contributed by atoms with Crippen molar-refractivity contribution >= 4 is 17.8 Å². The maximum atomic E-state index is 12.0. The number of likely N-dealkylation sites (tertiary alicyclic amines) is 1. The normalized spacial score (nSPS) is 17.7. The molecule has 1 rings (SSSR count). The van der Waals surface area contributed by atoms with Gasteiger partial charge < -0.3 is 20.7 Å². The molecular weight excluding hydrogens is 250 g/mol. The highest BCUT2D eigenvalue weighted by atomic mass is 16.5. The molecular formula is C12H21N3O4. The molecule has 0 aromatic heterocycles. The lowest BCUT2D eigenvalue weighted by Gasteiger charge is -2.33. The van der Waals surface area contributed by atoms with Crippen molar-refractivity contribution in [3.63, 3.8) is 0 Å². The van der Waals surface area contributed by atoms with Crippen molar-refractivity contribution in [2.24, 2.45) is 5.73 Å². The van der Waals surface area contributed by atoms with Crippen LogP contribution in [0.25, 0.3) is 0 Å². The molecule has 1 saturated heterocycles. The molecule has 0 bridgehead atoms. The van der Waals surface area contributed by atoms with E-state index in [2.05, 4.69) is 5.32 Å². The van der Waals surface area contributed by atoms with Crippen LogP contribution in [0.4, 0.5) is 0 Å². The largest absolute Gasteiger partial charge is 0.464 e. The fraction of sp³-hybridized carbons (Fsp3) is 0.750. The van der Waals surface area contributed by atoms with Gasteiger partial charge in [-0.05, 0) is 19.8 Å². The van der Waals surface area contributed by atoms with Gasteiger partial charge in [0, 0.05) is 26.1 Å². The average molecular weight is 271 g/mol. The first-order chi connectivity index (χ1) is 8.95. The fourth-order valence-corrected chi connectivity index (χ4v) is 2.06. The van der Waals surface area contributed by atoms with E-state index in [0.29, 0.717) is 25.9 Å². The van der Waals surface area contributed by atoms with E-state index in [4.69, 9.17) is 10.5 Å². The number of nitrogens with two attached hydrogens (primary N) is 1. The molecule has 1 aliphatic rings. The van der Waals surface area contributed by atoms with Crippen molar-refractivity contribution in [1.29, 1.82) is 0 Å². The highest BCUT2D eigenvalue weighted by Gasteiger charge is 2.31. The summed E-state index contributed by atoms with van der Waals surface area (Å²) in [4.78, 5) is 35.8. The van der Waals surface area contributed by atoms with E-state index >= 15 is 0 Å². The molecule has 0 saturated carbocycles. The van der Waals surface area contributed by atoms with E-state index in [1.165, 1.54) is 6.92 Å². The first-order valence-electron chi connectivity index (χ1n) is 6.43. The molecule has 19 heavy (non-hydrogen) atoms. The summed E-state index contributed by atoms with van der Waals surface area (Å²) in [5.74, 6) is -1.19. The summed E-state index contributed by atoms with van der Waals surface area (Å²) in [6.07, 6.45) is 1.34. The lowest BCUT2D eigenvalue weighted by Crippen LogP contribution is -2.53. The molecule has 0 aromatic carbocycles. The van der Waals surface area contributed by atoms with Gasteiger partial charge in [-0.3, -0.25) is 9.59 Å². The number of piperidine rings is 1. The van der Waals surface area contributed by atoms with Crippen LogP contribution < -0.4 is 11.1 Å². The van der Waals surface area contributed by atoms with Gasteiger partial charge in [0.15, 0.2) is 6.04 Å². The summed E-state index contributed by atoms with van der Waals surface area (Å²) in [6, 6.07) is -1.17. The van der Waals surface area contributed by atoms with Gasteiger partial charge in [0.25, 0.3) is 5.91 Å². The van der Waals surface area contributed by atoms with E-state index in [0.717, 1.165) is 0 Å². The van der Waals surface area contributed by atoms with E-state index < -0.39 is 17.9 Å². The Balaban J connectivity index is 2.44. The van der Waals surface area contributed by atoms with Crippen molar-refractivity contribution < 1.29 is 19.1 Å². The van der Waals surface area contributed by atoms with Gasteiger partial charge in [-0.1, -0.05) is 0 Å². The second kappa shape index (κ2) is 7.08. The summed E-state index contributed by atoms with van der Waals surface area (Å²) >= 11 is 0. The number of carbonyl (C=O) groups excluding carboxylic acids is 3. The second-order valence-electron chi connectivity index (χ2n) is 4.53. The van der Waals surface area contributed by atoms with Crippen LogP contribution in [0.1, 0.15) is 26.7 Å². The third kappa shape index (κ3) is 4.51. The van der Waals surface area contributed by atoms with Gasteiger partial charge in [0.1, 0.15) is 0 Å². The van der Waals surface area contributed by atoms with Crippen LogP contribution in [-0.4, -0.2) is 54.5 Å². The number of rotatable bonds is 4. The Labute approximate surface area is 112 Å². The van der Waals surface area contributed by atoms with Gasteiger partial charge in [0.2, 0.25) is 5.91 Å². The van der Waals surface area contributed by atoms with Crippen molar-refractivity contribution in [3.8, 4) is 0 Å². The summed E-state index contributed by atoms with van der Waals surface area (Å²) in [7, 11) is 0. The minimum atomic E-state index is -1.25. The lowest BCUT2D eigenvalue weighted by molar-refractivity contribution is -0.151. The molecule has 1 aliphatic heterocycles. The number of hydrogen-bond donors (Lipinski definition) is 2. The highest BCUT2D eigenvalue weighted by molar-refractivity contribution is 6.01. The zero-order valence-corrected chi connectivity index (χ0v) is 11.3. The van der Waals surface area contributed by atoms with Gasteiger partial charge >= 0.3 is 5.97 Å². The molecule has 7 nitrogen and oxygen atoms in total. The number of ether oxygens (including phenoxy) is 1. The number of hydrogen-bond acceptors (Lipinski definition) is 5. The minimum Gasteiger partial charge on any atom is -0.464 e. The summed E-state index contributed by atoms with van der Waals surface area (Å²) in [6.45, 7) is 4.29. The minimum absolute atomic E-state index is 0.0759. The molecule has 2 amide bonds. The predicted molar refractivity (Wildman–Crippen MR) is 68.0 cm³/mol. The Morgan fingerprint density at radius 1 is 1.37 bits per heavy atom. The van der Waals surface area contributed by atoms with Gasteiger partial charge in [-0.15, -0.1) is 0 Å². The quantitative estimate of drug-likeness (QED) is 0.504. The molecule has 7 heteroatoms. The second-order valence-corrected chi connectivity index (χ2v) is 4.53. The van der Waals surface area contributed by atoms with Crippen molar-refractivity contribution in [2.45, 2.75) is 38.8 Å². The van der Waals surface area contributed by atoms with Crippen LogP contribution in [-0.2, 0) is 19.1 Å². The first-order valence-corrected chi connectivity index (χ1v) is 6.43. The van der Waals surface area contributed by atoms with Gasteiger partial charge in [0.05, 0.1) is 6.61 Å². The van der Waals surface area contributed by atoms with Crippen LogP contribution in [0.5, 0.6) is 0 Å². The smallest absolute Gasteiger partial charge is 0.332 e. The lowest BCUT2D eigenvalue weighted by atomic mass is 10.0. The van der Waals surface area contributed by atoms with Crippen molar-refractivity contribution in [2.75, 3.05) is 19.7 Å². The first kappa shape index (κ1) is 15.4. The third-order valence-electron chi connectivity index (χ3n) is 3.02. The molecule has 3 N–H and O–H groups in total. The topological polar surface area (TPSA) is 102 Å². The van der Waals surface area contributed by atoms with Gasteiger partial charge in [-0.25, -0.2) is 4.79 Å². The van der Waals surface area contributed by atoms with Crippen molar-refractivity contribution in [3.05, 3.63) is 0 Å². The van der Waals surface area contributed by atoms with E-state index in [1.807, 2.05) is 0 Å². The Hall–Kier alpha value is -1.63. The molecule has 0 radical (unpaired) electrons. The summed E-state index contributed by atoms with van der Waals surface area (Å²) in [5.41, 5.74) is 5.56. The Kier molecular flexibility index (Phi) is 5.75. The zero-order chi connectivity index (χ0) is 14.4. The monoisotopic (exact) mass is 271 g/mol. The average Bonchev–Trinajstić information content (AvgIpc) is 2.37. The van der Waals surface area contributed by atoms with Crippen LogP contribution >= 0.6 is 0 Å². The molecule has 108 valence electrons. The number of esters is 1. The van der Waals surface area contributed by atoms with E-state index in [1.54, 1.807) is 11.8 Å². The highest BCUT2D eigenvalue weighted by Crippen LogP contribution is 2.11. The Morgan fingerprint density at radius 3 is 2.42 bits per heavy atom. The standard InChI is InChI=1S/C12H21N3O4/c1-3-19-12(18)10(13)11(17)15-6-4-9(5-7-15)14-8(2)16/h9-10H,3-7,13H2,1-2H3,(H,14,16). The molecule has 1 atom stereocenters. The number of nitrogens with zero attached hydrogens (tertiary/aromatic N) is 1. The van der Waals surface area contributed by atoms with Crippen LogP contribution in [0, 0.1) is 0 Å². The molecule has 0 spiro atoms. The van der Waals surface area contributed by atoms with E-state index in [-0.39, 0.29) is 18.6 Å². The molecule has 1 heterocycles. The summed E-state index contributed by atoms with van der Waals surface area (Å²) in [5, 5.41) is 2.81. The van der Waals surface area contributed by atoms with E-state index in [9.17, 15) is 14.4 Å². The fourth-order valence-electron chi connectivity index (χ4n) is 2.06. The van der Waals surface area contributed by atoms with Crippen molar-refractivity contribution in [1.82, 2.24) is 10.2 Å². The molecule has 0 aromatic rings. The number of carbonyl (C=O) groups is 3. The Bertz CT molecular complexity index is 351. The number of amides is 2. The van der Waals surface area contributed by atoms with Crippen LogP contribution in [0.2, 0.25) is 0 Å². The molecule has 1 fully saturated rings. The SMILES string of the molecule is CCOC(=O)C(N)C(=O)N1CCC(NC(C)=O)CC1. The predicted octanol–water partition coefficient (Wildman–Crippen LogP) is -0.996. The Morgan fingerprint density at radius 2 is 1.95 bits per heavy atom. The maximum absolute atomic E-state index is 12.0. The zero-order valence-electron chi connectivity index (χ0n) is 11.3. The number of nitrogens with one attached hydrogen (secondary N) is 1. The van der Waals surface area contributed by atoms with Crippen LogP contribution in [0.3, 0.4) is 0 Å². The van der Waals surface area contributed by atoms with Gasteiger partial charge in [-0.2, -0.15) is 0 Å². The third-order valence-corrected chi connectivity index (χ3v) is 3.02. The molecule has 0 aliphatic carbocycles. The van der Waals surface area contributed by atoms with Crippen LogP contribution in [0.15, 0.2) is 0 Å². The molecule has 1 unspecified atom stereocenters.